The number of carbonyl (C=O) groups excluding carboxylic acids is 3. The molecule has 1 spiro atoms. The summed E-state index contributed by atoms with van der Waals surface area (Å²) >= 11 is 0. The van der Waals surface area contributed by atoms with Gasteiger partial charge in [-0.25, -0.2) is 9.18 Å². The lowest BCUT2D eigenvalue weighted by molar-refractivity contribution is -0.141. The lowest BCUT2D eigenvalue weighted by Crippen LogP contribution is -2.49. The van der Waals surface area contributed by atoms with Crippen LogP contribution in [-0.2, 0) is 28.7 Å². The SMILES string of the molecule is Cn1cc(-c2ccc3c(c2)OC[C@]32NC(=O)N(CC(=O)N3Cc4cc(F)ccc4OC[C@H]3C3CC3)C2=O)cn1. The number of urea groups is 1. The lowest BCUT2D eigenvalue weighted by Gasteiger charge is -2.30. The van der Waals surface area contributed by atoms with Crippen molar-refractivity contribution in [2.45, 2.75) is 31.0 Å². The van der Waals surface area contributed by atoms with E-state index in [0.717, 1.165) is 28.9 Å². The van der Waals surface area contributed by atoms with Gasteiger partial charge in [0.2, 0.25) is 5.91 Å². The molecule has 2 atom stereocenters. The summed E-state index contributed by atoms with van der Waals surface area (Å²) in [6.45, 7) is -0.0725. The van der Waals surface area contributed by atoms with E-state index in [1.165, 1.54) is 12.1 Å². The van der Waals surface area contributed by atoms with Crippen molar-refractivity contribution in [2.75, 3.05) is 19.8 Å². The van der Waals surface area contributed by atoms with Gasteiger partial charge in [0.15, 0.2) is 5.54 Å². The summed E-state index contributed by atoms with van der Waals surface area (Å²) in [7, 11) is 1.83. The molecule has 11 heteroatoms. The molecule has 7 rings (SSSR count). The molecule has 1 saturated carbocycles. The Hall–Kier alpha value is -4.41. The molecule has 4 heterocycles. The van der Waals surface area contributed by atoms with Crippen LogP contribution in [0.15, 0.2) is 48.8 Å². The summed E-state index contributed by atoms with van der Waals surface area (Å²) in [6.07, 6.45) is 5.53. The third-order valence-corrected chi connectivity index (χ3v) is 8.05. The van der Waals surface area contributed by atoms with Gasteiger partial charge >= 0.3 is 6.03 Å². The summed E-state index contributed by atoms with van der Waals surface area (Å²) in [5.41, 5.74) is 1.48. The number of fused-ring (bicyclic) bond motifs is 3. The van der Waals surface area contributed by atoms with Crippen LogP contribution < -0.4 is 14.8 Å². The van der Waals surface area contributed by atoms with Gasteiger partial charge in [-0.1, -0.05) is 12.1 Å². The highest BCUT2D eigenvalue weighted by Crippen LogP contribution is 2.43. The molecule has 4 aliphatic rings. The molecule has 39 heavy (non-hydrogen) atoms. The number of aromatic nitrogens is 2. The molecule has 2 aromatic carbocycles. The quantitative estimate of drug-likeness (QED) is 0.519. The Morgan fingerprint density at radius 3 is 2.74 bits per heavy atom. The first kappa shape index (κ1) is 23.7. The maximum Gasteiger partial charge on any atom is 0.325 e. The van der Waals surface area contributed by atoms with Crippen LogP contribution in [-0.4, -0.2) is 63.2 Å². The third-order valence-electron chi connectivity index (χ3n) is 8.05. The van der Waals surface area contributed by atoms with Crippen molar-refractivity contribution in [1.29, 1.82) is 0 Å². The second-order valence-corrected chi connectivity index (χ2v) is 10.6. The van der Waals surface area contributed by atoms with E-state index in [0.29, 0.717) is 22.6 Å². The second-order valence-electron chi connectivity index (χ2n) is 10.6. The molecule has 1 N–H and O–H groups in total. The Bertz CT molecular complexity index is 1530. The van der Waals surface area contributed by atoms with Gasteiger partial charge in [-0.3, -0.25) is 19.2 Å². The van der Waals surface area contributed by atoms with E-state index in [4.69, 9.17) is 9.47 Å². The number of benzene rings is 2. The largest absolute Gasteiger partial charge is 0.491 e. The molecule has 3 aliphatic heterocycles. The number of ether oxygens (including phenoxy) is 2. The van der Waals surface area contributed by atoms with Gasteiger partial charge < -0.3 is 19.7 Å². The minimum Gasteiger partial charge on any atom is -0.491 e. The van der Waals surface area contributed by atoms with E-state index >= 15 is 0 Å². The number of aryl methyl sites for hydroxylation is 1. The van der Waals surface area contributed by atoms with Crippen LogP contribution in [0.5, 0.6) is 11.5 Å². The maximum absolute atomic E-state index is 14.0. The van der Waals surface area contributed by atoms with Gasteiger partial charge in [0.1, 0.15) is 37.1 Å². The number of halogens is 1. The monoisotopic (exact) mass is 531 g/mol. The van der Waals surface area contributed by atoms with Crippen molar-refractivity contribution in [2.24, 2.45) is 13.0 Å². The highest BCUT2D eigenvalue weighted by atomic mass is 19.1. The Balaban J connectivity index is 1.14. The summed E-state index contributed by atoms with van der Waals surface area (Å²) in [4.78, 5) is 43.0. The molecule has 200 valence electrons. The number of nitrogens with zero attached hydrogens (tertiary/aromatic N) is 4. The van der Waals surface area contributed by atoms with Crippen molar-refractivity contribution in [1.82, 2.24) is 24.9 Å². The molecule has 10 nitrogen and oxygen atoms in total. The number of hydrogen-bond donors (Lipinski definition) is 1. The zero-order valence-electron chi connectivity index (χ0n) is 21.2. The van der Waals surface area contributed by atoms with Gasteiger partial charge in [0.25, 0.3) is 5.91 Å². The van der Waals surface area contributed by atoms with Crippen LogP contribution in [0.25, 0.3) is 11.1 Å². The highest BCUT2D eigenvalue weighted by Gasteiger charge is 2.58. The highest BCUT2D eigenvalue weighted by molar-refractivity contribution is 6.10. The van der Waals surface area contributed by atoms with Gasteiger partial charge in [-0.2, -0.15) is 5.10 Å². The number of nitrogens with one attached hydrogen (secondary N) is 1. The minimum absolute atomic E-state index is 0.0665. The van der Waals surface area contributed by atoms with Gasteiger partial charge in [-0.15, -0.1) is 0 Å². The topological polar surface area (TPSA) is 106 Å². The molecule has 1 aliphatic carbocycles. The average molecular weight is 532 g/mol. The molecule has 3 aromatic rings. The molecular weight excluding hydrogens is 505 g/mol. The summed E-state index contributed by atoms with van der Waals surface area (Å²) in [5.74, 6) is -0.0377. The first-order valence-electron chi connectivity index (χ1n) is 12.9. The zero-order valence-corrected chi connectivity index (χ0v) is 21.2. The van der Waals surface area contributed by atoms with Crippen LogP contribution in [0.1, 0.15) is 24.0 Å². The van der Waals surface area contributed by atoms with E-state index in [1.807, 2.05) is 25.4 Å². The Morgan fingerprint density at radius 1 is 1.13 bits per heavy atom. The average Bonchev–Trinajstić information content (AvgIpc) is 3.55. The Kier molecular flexibility index (Phi) is 5.19. The molecule has 0 unspecified atom stereocenters. The Morgan fingerprint density at radius 2 is 1.97 bits per heavy atom. The molecule has 0 radical (unpaired) electrons. The van der Waals surface area contributed by atoms with Crippen molar-refractivity contribution >= 4 is 17.8 Å². The predicted octanol–water partition coefficient (Wildman–Crippen LogP) is 2.57. The van der Waals surface area contributed by atoms with Crippen LogP contribution in [0.3, 0.4) is 0 Å². The summed E-state index contributed by atoms with van der Waals surface area (Å²) in [6, 6.07) is 8.84. The molecule has 1 saturated heterocycles. The standard InChI is InChI=1S/C28H26FN5O5/c1-32-11-19(10-30-32)17-4-6-21-24(9-17)39-15-28(21)26(36)34(27(37)31-28)13-25(35)33-12-18-8-20(29)5-7-23(18)38-14-22(33)16-2-3-16/h4-11,16,22H,2-3,12-15H2,1H3,(H,31,37)/t22-,28-/m0/s1. The second kappa shape index (κ2) is 8.55. The van der Waals surface area contributed by atoms with Crippen LogP contribution >= 0.6 is 0 Å². The van der Waals surface area contributed by atoms with E-state index in [9.17, 15) is 18.8 Å². The van der Waals surface area contributed by atoms with Gasteiger partial charge in [0, 0.05) is 36.5 Å². The number of amides is 4. The summed E-state index contributed by atoms with van der Waals surface area (Å²) in [5, 5.41) is 6.98. The predicted molar refractivity (Wildman–Crippen MR) is 135 cm³/mol. The van der Waals surface area contributed by atoms with Gasteiger partial charge in [0.05, 0.1) is 12.2 Å². The fourth-order valence-electron chi connectivity index (χ4n) is 5.81. The molecule has 1 aromatic heterocycles. The van der Waals surface area contributed by atoms with E-state index in [1.54, 1.807) is 27.9 Å². The molecule has 0 bridgehead atoms. The molecule has 4 amide bonds. The number of carbonyl (C=O) groups is 3. The Labute approximate surface area is 223 Å². The van der Waals surface area contributed by atoms with Crippen molar-refractivity contribution in [3.63, 3.8) is 0 Å². The summed E-state index contributed by atoms with van der Waals surface area (Å²) < 4.78 is 27.5. The smallest absolute Gasteiger partial charge is 0.325 e. The first-order valence-corrected chi connectivity index (χ1v) is 12.9. The number of hydrogen-bond acceptors (Lipinski definition) is 6. The zero-order chi connectivity index (χ0) is 26.9. The first-order chi connectivity index (χ1) is 18.8. The van der Waals surface area contributed by atoms with Crippen molar-refractivity contribution in [3.05, 3.63) is 65.7 Å². The number of rotatable bonds is 4. The normalized spacial score (nSPS) is 23.7. The van der Waals surface area contributed by atoms with E-state index in [-0.39, 0.29) is 37.6 Å². The van der Waals surface area contributed by atoms with Gasteiger partial charge in [-0.05, 0) is 48.6 Å². The van der Waals surface area contributed by atoms with Crippen LogP contribution in [0.4, 0.5) is 9.18 Å². The van der Waals surface area contributed by atoms with E-state index < -0.39 is 29.8 Å². The van der Waals surface area contributed by atoms with Crippen molar-refractivity contribution < 1.29 is 28.2 Å². The third kappa shape index (κ3) is 3.83. The van der Waals surface area contributed by atoms with E-state index in [2.05, 4.69) is 10.4 Å². The molecule has 2 fully saturated rings. The maximum atomic E-state index is 14.0. The minimum atomic E-state index is -1.40. The fraction of sp³-hybridized carbons (Fsp3) is 0.357. The van der Waals surface area contributed by atoms with Crippen molar-refractivity contribution in [3.8, 4) is 22.6 Å². The number of imide groups is 1. The fourth-order valence-corrected chi connectivity index (χ4v) is 5.81. The molecular formula is C28H26FN5O5. The lowest BCUT2D eigenvalue weighted by atomic mass is 9.90. The van der Waals surface area contributed by atoms with Crippen LogP contribution in [0.2, 0.25) is 0 Å². The van der Waals surface area contributed by atoms with Crippen LogP contribution in [0, 0.1) is 11.7 Å².